The van der Waals surface area contributed by atoms with Crippen molar-refractivity contribution in [2.75, 3.05) is 39.4 Å². The van der Waals surface area contributed by atoms with Gasteiger partial charge in [0.2, 0.25) is 0 Å². The highest BCUT2D eigenvalue weighted by molar-refractivity contribution is 4.77. The molecule has 14 heavy (non-hydrogen) atoms. The van der Waals surface area contributed by atoms with Gasteiger partial charge in [0.1, 0.15) is 0 Å². The summed E-state index contributed by atoms with van der Waals surface area (Å²) in [6.45, 7) is 8.89. The molecule has 0 aromatic carbocycles. The third-order valence-electron chi connectivity index (χ3n) is 3.35. The minimum Gasteiger partial charge on any atom is -0.378 e. The van der Waals surface area contributed by atoms with Crippen LogP contribution in [-0.2, 0) is 4.74 Å². The van der Waals surface area contributed by atoms with Gasteiger partial charge in [0.05, 0.1) is 13.2 Å². The standard InChI is InChI=1S/C11H22N2O/c1-10-2-5-13(6-3-10)8-11-9-14-7-4-12-11/h10-12H,2-9H2,1H3/t11-/m0/s1. The summed E-state index contributed by atoms with van der Waals surface area (Å²) in [6.07, 6.45) is 2.74. The molecule has 2 heterocycles. The molecule has 1 atom stereocenters. The molecule has 0 amide bonds. The van der Waals surface area contributed by atoms with E-state index < -0.39 is 0 Å². The predicted octanol–water partition coefficient (Wildman–Crippen LogP) is 0.707. The monoisotopic (exact) mass is 198 g/mol. The second-order valence-corrected chi connectivity index (χ2v) is 4.71. The van der Waals surface area contributed by atoms with Crippen LogP contribution in [0.15, 0.2) is 0 Å². The van der Waals surface area contributed by atoms with Crippen LogP contribution < -0.4 is 5.32 Å². The summed E-state index contributed by atoms with van der Waals surface area (Å²) < 4.78 is 5.46. The van der Waals surface area contributed by atoms with Crippen molar-refractivity contribution < 1.29 is 4.74 Å². The summed E-state index contributed by atoms with van der Waals surface area (Å²) in [4.78, 5) is 2.58. The van der Waals surface area contributed by atoms with Crippen LogP contribution in [0, 0.1) is 5.92 Å². The Morgan fingerprint density at radius 3 is 2.79 bits per heavy atom. The number of hydrogen-bond donors (Lipinski definition) is 1. The van der Waals surface area contributed by atoms with Crippen molar-refractivity contribution in [3.05, 3.63) is 0 Å². The van der Waals surface area contributed by atoms with E-state index in [2.05, 4.69) is 17.1 Å². The average molecular weight is 198 g/mol. The van der Waals surface area contributed by atoms with Crippen LogP contribution in [0.3, 0.4) is 0 Å². The van der Waals surface area contributed by atoms with Crippen molar-refractivity contribution >= 4 is 0 Å². The summed E-state index contributed by atoms with van der Waals surface area (Å²) in [7, 11) is 0. The van der Waals surface area contributed by atoms with Gasteiger partial charge in [-0.05, 0) is 31.8 Å². The number of nitrogens with zero attached hydrogens (tertiary/aromatic N) is 1. The first-order valence-corrected chi connectivity index (χ1v) is 5.88. The minimum absolute atomic E-state index is 0.567. The molecule has 0 radical (unpaired) electrons. The number of nitrogens with one attached hydrogen (secondary N) is 1. The van der Waals surface area contributed by atoms with Crippen molar-refractivity contribution in [1.29, 1.82) is 0 Å². The molecule has 3 heteroatoms. The molecule has 2 fully saturated rings. The molecule has 2 saturated heterocycles. The zero-order chi connectivity index (χ0) is 9.80. The van der Waals surface area contributed by atoms with E-state index in [9.17, 15) is 0 Å². The Balaban J connectivity index is 1.68. The molecule has 0 aromatic rings. The molecule has 3 nitrogen and oxygen atoms in total. The molecular formula is C11H22N2O. The van der Waals surface area contributed by atoms with E-state index in [4.69, 9.17) is 4.74 Å². The van der Waals surface area contributed by atoms with Gasteiger partial charge in [-0.3, -0.25) is 0 Å². The van der Waals surface area contributed by atoms with Crippen LogP contribution in [0.5, 0.6) is 0 Å². The molecule has 82 valence electrons. The highest BCUT2D eigenvalue weighted by Gasteiger charge is 2.20. The largest absolute Gasteiger partial charge is 0.378 e. The van der Waals surface area contributed by atoms with Crippen LogP contribution >= 0.6 is 0 Å². The van der Waals surface area contributed by atoms with E-state index in [-0.39, 0.29) is 0 Å². The van der Waals surface area contributed by atoms with Crippen molar-refractivity contribution in [1.82, 2.24) is 10.2 Å². The lowest BCUT2D eigenvalue weighted by molar-refractivity contribution is 0.0562. The molecular weight excluding hydrogens is 176 g/mol. The molecule has 0 spiro atoms. The first-order valence-electron chi connectivity index (χ1n) is 5.88. The maximum Gasteiger partial charge on any atom is 0.0632 e. The van der Waals surface area contributed by atoms with Gasteiger partial charge in [-0.15, -0.1) is 0 Å². The Morgan fingerprint density at radius 1 is 1.36 bits per heavy atom. The lowest BCUT2D eigenvalue weighted by Crippen LogP contribution is -2.49. The third kappa shape index (κ3) is 2.94. The summed E-state index contributed by atoms with van der Waals surface area (Å²) in [5.41, 5.74) is 0. The highest BCUT2D eigenvalue weighted by atomic mass is 16.5. The first kappa shape index (κ1) is 10.4. The summed E-state index contributed by atoms with van der Waals surface area (Å²) in [5.74, 6) is 0.932. The summed E-state index contributed by atoms with van der Waals surface area (Å²) in [5, 5.41) is 3.51. The molecule has 2 aliphatic heterocycles. The molecule has 0 saturated carbocycles. The Bertz CT molecular complexity index is 161. The Hall–Kier alpha value is -0.120. The number of ether oxygens (including phenoxy) is 1. The smallest absolute Gasteiger partial charge is 0.0632 e. The Morgan fingerprint density at radius 2 is 2.14 bits per heavy atom. The highest BCUT2D eigenvalue weighted by Crippen LogP contribution is 2.16. The van der Waals surface area contributed by atoms with E-state index in [1.807, 2.05) is 0 Å². The van der Waals surface area contributed by atoms with Crippen molar-refractivity contribution in [3.8, 4) is 0 Å². The van der Waals surface area contributed by atoms with Crippen LogP contribution in [0.1, 0.15) is 19.8 Å². The number of rotatable bonds is 2. The molecule has 0 aromatic heterocycles. The molecule has 1 N–H and O–H groups in total. The first-order chi connectivity index (χ1) is 6.84. The van der Waals surface area contributed by atoms with Gasteiger partial charge < -0.3 is 15.0 Å². The summed E-state index contributed by atoms with van der Waals surface area (Å²) >= 11 is 0. The predicted molar refractivity (Wildman–Crippen MR) is 57.4 cm³/mol. The average Bonchev–Trinajstić information content (AvgIpc) is 2.23. The summed E-state index contributed by atoms with van der Waals surface area (Å²) in [6, 6.07) is 0.567. The number of hydrogen-bond acceptors (Lipinski definition) is 3. The number of likely N-dealkylation sites (tertiary alicyclic amines) is 1. The lowest BCUT2D eigenvalue weighted by atomic mass is 9.99. The molecule has 2 rings (SSSR count). The van der Waals surface area contributed by atoms with Gasteiger partial charge in [0, 0.05) is 19.1 Å². The number of piperidine rings is 1. The number of morpholine rings is 1. The maximum absolute atomic E-state index is 5.46. The fourth-order valence-electron chi connectivity index (χ4n) is 2.29. The Kier molecular flexibility index (Phi) is 3.79. The van der Waals surface area contributed by atoms with E-state index in [0.717, 1.165) is 25.7 Å². The van der Waals surface area contributed by atoms with Crippen molar-refractivity contribution in [2.24, 2.45) is 5.92 Å². The Labute approximate surface area is 86.8 Å². The zero-order valence-corrected chi connectivity index (χ0v) is 9.17. The zero-order valence-electron chi connectivity index (χ0n) is 9.17. The van der Waals surface area contributed by atoms with Gasteiger partial charge in [0.25, 0.3) is 0 Å². The van der Waals surface area contributed by atoms with Gasteiger partial charge >= 0.3 is 0 Å². The second kappa shape index (κ2) is 5.10. The molecule has 0 unspecified atom stereocenters. The van der Waals surface area contributed by atoms with E-state index in [1.54, 1.807) is 0 Å². The van der Waals surface area contributed by atoms with Gasteiger partial charge in [-0.2, -0.15) is 0 Å². The normalized spacial score (nSPS) is 31.9. The second-order valence-electron chi connectivity index (χ2n) is 4.71. The third-order valence-corrected chi connectivity index (χ3v) is 3.35. The van der Waals surface area contributed by atoms with Gasteiger partial charge in [-0.25, -0.2) is 0 Å². The quantitative estimate of drug-likeness (QED) is 0.707. The molecule has 2 aliphatic rings. The molecule has 0 aliphatic carbocycles. The van der Waals surface area contributed by atoms with E-state index in [1.165, 1.54) is 32.5 Å². The van der Waals surface area contributed by atoms with Gasteiger partial charge in [-0.1, -0.05) is 6.92 Å². The van der Waals surface area contributed by atoms with Crippen molar-refractivity contribution in [2.45, 2.75) is 25.8 Å². The molecule has 0 bridgehead atoms. The van der Waals surface area contributed by atoms with E-state index >= 15 is 0 Å². The van der Waals surface area contributed by atoms with Gasteiger partial charge in [0.15, 0.2) is 0 Å². The maximum atomic E-state index is 5.46. The topological polar surface area (TPSA) is 24.5 Å². The fraction of sp³-hybridized carbons (Fsp3) is 1.00. The SMILES string of the molecule is CC1CCN(C[C@H]2COCCN2)CC1. The van der Waals surface area contributed by atoms with Crippen LogP contribution in [0.25, 0.3) is 0 Å². The van der Waals surface area contributed by atoms with Crippen LogP contribution in [0.2, 0.25) is 0 Å². The lowest BCUT2D eigenvalue weighted by Gasteiger charge is -2.34. The van der Waals surface area contributed by atoms with Crippen LogP contribution in [-0.4, -0.2) is 50.3 Å². The van der Waals surface area contributed by atoms with E-state index in [0.29, 0.717) is 6.04 Å². The van der Waals surface area contributed by atoms with Crippen LogP contribution in [0.4, 0.5) is 0 Å². The minimum atomic E-state index is 0.567. The van der Waals surface area contributed by atoms with Crippen molar-refractivity contribution in [3.63, 3.8) is 0 Å². The fourth-order valence-corrected chi connectivity index (χ4v) is 2.29.